The van der Waals surface area contributed by atoms with Crippen molar-refractivity contribution in [3.8, 4) is 0 Å². The molecule has 2 rings (SSSR count). The largest absolute Gasteiger partial charge is 0.454 e. The lowest BCUT2D eigenvalue weighted by Gasteiger charge is -2.18. The zero-order valence-electron chi connectivity index (χ0n) is 17.0. The van der Waals surface area contributed by atoms with Crippen LogP contribution in [-0.4, -0.2) is 23.8 Å². The molecule has 0 aliphatic carbocycles. The summed E-state index contributed by atoms with van der Waals surface area (Å²) in [7, 11) is 0. The maximum atomic E-state index is 12.5. The van der Waals surface area contributed by atoms with E-state index >= 15 is 0 Å². The smallest absolute Gasteiger partial charge is 0.310 e. The molecule has 0 aliphatic heterocycles. The van der Waals surface area contributed by atoms with Gasteiger partial charge in [-0.1, -0.05) is 50.6 Å². The van der Waals surface area contributed by atoms with E-state index < -0.39 is 17.5 Å². The predicted molar refractivity (Wildman–Crippen MR) is 109 cm³/mol. The van der Waals surface area contributed by atoms with Crippen LogP contribution >= 0.6 is 0 Å². The van der Waals surface area contributed by atoms with E-state index in [1.165, 1.54) is 0 Å². The number of ketones is 1. The number of esters is 1. The summed E-state index contributed by atoms with van der Waals surface area (Å²) in [6.45, 7) is 9.01. The minimum absolute atomic E-state index is 0.106. The van der Waals surface area contributed by atoms with Crippen molar-refractivity contribution in [2.45, 2.75) is 47.1 Å². The predicted octanol–water partition coefficient (Wildman–Crippen LogP) is 4.34. The van der Waals surface area contributed by atoms with Gasteiger partial charge in [0.25, 0.3) is 0 Å². The van der Waals surface area contributed by atoms with Gasteiger partial charge < -0.3 is 10.1 Å². The third-order valence-electron chi connectivity index (χ3n) is 4.25. The maximum Gasteiger partial charge on any atom is 0.310 e. The van der Waals surface area contributed by atoms with Gasteiger partial charge in [-0.05, 0) is 43.7 Å². The number of carbonyl (C=O) groups excluding carboxylic acids is 3. The van der Waals surface area contributed by atoms with Crippen molar-refractivity contribution in [3.63, 3.8) is 0 Å². The van der Waals surface area contributed by atoms with E-state index in [1.54, 1.807) is 31.2 Å². The van der Waals surface area contributed by atoms with E-state index in [2.05, 4.69) is 5.32 Å². The average Bonchev–Trinajstić information content (AvgIpc) is 2.62. The highest BCUT2D eigenvalue weighted by molar-refractivity contribution is 6.01. The van der Waals surface area contributed by atoms with Crippen molar-refractivity contribution in [2.24, 2.45) is 5.41 Å². The van der Waals surface area contributed by atoms with Crippen molar-refractivity contribution in [3.05, 3.63) is 65.2 Å². The second kappa shape index (κ2) is 8.83. The Hall–Kier alpha value is -2.95. The van der Waals surface area contributed by atoms with Crippen LogP contribution in [0.3, 0.4) is 0 Å². The highest BCUT2D eigenvalue weighted by atomic mass is 16.5. The molecule has 0 saturated carbocycles. The second-order valence-electron chi connectivity index (χ2n) is 7.94. The molecular formula is C23H27NO4. The van der Waals surface area contributed by atoms with E-state index in [0.29, 0.717) is 11.3 Å². The Bertz CT molecular complexity index is 846. The number of amides is 1. The molecule has 0 saturated heterocycles. The van der Waals surface area contributed by atoms with Gasteiger partial charge in [0.05, 0.1) is 6.42 Å². The van der Waals surface area contributed by atoms with E-state index in [-0.39, 0.29) is 18.1 Å². The number of benzene rings is 2. The Kier molecular flexibility index (Phi) is 6.73. The highest BCUT2D eigenvalue weighted by Crippen LogP contribution is 2.18. The van der Waals surface area contributed by atoms with Crippen molar-refractivity contribution >= 4 is 23.3 Å². The van der Waals surface area contributed by atoms with Crippen LogP contribution in [0.15, 0.2) is 48.5 Å². The number of rotatable bonds is 6. The summed E-state index contributed by atoms with van der Waals surface area (Å²) in [5.74, 6) is -0.838. The number of Topliss-reactive ketones (excluding diaryl/α,β-unsaturated/α-hetero) is 1. The molecule has 0 radical (unpaired) electrons. The SMILES string of the molecule is Cc1ccc(CC(=O)O[C@@H](C)C(=O)c2ccc(NC(=O)C(C)(C)C)cc2)cc1. The Balaban J connectivity index is 1.94. The molecule has 0 unspecified atom stereocenters. The summed E-state index contributed by atoms with van der Waals surface area (Å²) >= 11 is 0. The first kappa shape index (κ1) is 21.4. The van der Waals surface area contributed by atoms with Gasteiger partial charge >= 0.3 is 5.97 Å². The van der Waals surface area contributed by atoms with Crippen LogP contribution in [0.2, 0.25) is 0 Å². The number of anilines is 1. The molecule has 0 heterocycles. The number of carbonyl (C=O) groups is 3. The molecule has 0 spiro atoms. The summed E-state index contributed by atoms with van der Waals surface area (Å²) < 4.78 is 5.28. The third-order valence-corrected chi connectivity index (χ3v) is 4.25. The minimum Gasteiger partial charge on any atom is -0.454 e. The molecule has 0 aromatic heterocycles. The third kappa shape index (κ3) is 6.05. The van der Waals surface area contributed by atoms with Gasteiger partial charge in [0, 0.05) is 16.7 Å². The summed E-state index contributed by atoms with van der Waals surface area (Å²) in [6, 6.07) is 14.2. The molecule has 2 aromatic carbocycles. The van der Waals surface area contributed by atoms with Gasteiger partial charge in [-0.2, -0.15) is 0 Å². The van der Waals surface area contributed by atoms with Gasteiger partial charge in [-0.3, -0.25) is 14.4 Å². The normalized spacial score (nSPS) is 12.2. The van der Waals surface area contributed by atoms with Crippen LogP contribution in [0.25, 0.3) is 0 Å². The van der Waals surface area contributed by atoms with Gasteiger partial charge in [-0.15, -0.1) is 0 Å². The fourth-order valence-electron chi connectivity index (χ4n) is 2.44. The number of nitrogens with one attached hydrogen (secondary N) is 1. The first-order valence-electron chi connectivity index (χ1n) is 9.27. The number of hydrogen-bond acceptors (Lipinski definition) is 4. The van der Waals surface area contributed by atoms with Crippen molar-refractivity contribution < 1.29 is 19.1 Å². The quantitative estimate of drug-likeness (QED) is 0.597. The fourth-order valence-corrected chi connectivity index (χ4v) is 2.44. The first-order chi connectivity index (χ1) is 13.1. The van der Waals surface area contributed by atoms with E-state index in [4.69, 9.17) is 4.74 Å². The molecule has 0 fully saturated rings. The van der Waals surface area contributed by atoms with E-state index in [9.17, 15) is 14.4 Å². The van der Waals surface area contributed by atoms with Crippen LogP contribution < -0.4 is 5.32 Å². The summed E-state index contributed by atoms with van der Waals surface area (Å²) in [5, 5.41) is 2.81. The molecule has 0 bridgehead atoms. The molecular weight excluding hydrogens is 354 g/mol. The van der Waals surface area contributed by atoms with Crippen LogP contribution in [0.5, 0.6) is 0 Å². The summed E-state index contributed by atoms with van der Waals surface area (Å²) in [5.41, 5.74) is 2.48. The Morgan fingerprint density at radius 3 is 2.07 bits per heavy atom. The van der Waals surface area contributed by atoms with Crippen LogP contribution in [0.1, 0.15) is 49.2 Å². The zero-order valence-corrected chi connectivity index (χ0v) is 17.0. The lowest BCUT2D eigenvalue weighted by molar-refractivity contribution is -0.145. The standard InChI is InChI=1S/C23H27NO4/c1-15-6-8-17(9-7-15)14-20(25)28-16(2)21(26)18-10-12-19(13-11-18)24-22(27)23(3,4)5/h6-13,16H,14H2,1-5H3,(H,24,27)/t16-/m0/s1. The average molecular weight is 381 g/mol. The Labute approximate surface area is 166 Å². The summed E-state index contributed by atoms with van der Waals surface area (Å²) in [4.78, 5) is 36.6. The van der Waals surface area contributed by atoms with Crippen LogP contribution in [0, 0.1) is 12.3 Å². The van der Waals surface area contributed by atoms with Crippen molar-refractivity contribution in [1.29, 1.82) is 0 Å². The van der Waals surface area contributed by atoms with Gasteiger partial charge in [0.2, 0.25) is 11.7 Å². The number of hydrogen-bond donors (Lipinski definition) is 1. The lowest BCUT2D eigenvalue weighted by atomic mass is 9.95. The zero-order chi connectivity index (χ0) is 20.9. The first-order valence-corrected chi connectivity index (χ1v) is 9.27. The Morgan fingerprint density at radius 1 is 0.964 bits per heavy atom. The summed E-state index contributed by atoms with van der Waals surface area (Å²) in [6.07, 6.45) is -0.761. The monoisotopic (exact) mass is 381 g/mol. The topological polar surface area (TPSA) is 72.5 Å². The van der Waals surface area contributed by atoms with Gasteiger partial charge in [0.1, 0.15) is 0 Å². The van der Waals surface area contributed by atoms with Gasteiger partial charge in [0.15, 0.2) is 6.10 Å². The minimum atomic E-state index is -0.882. The molecule has 148 valence electrons. The molecule has 5 nitrogen and oxygen atoms in total. The second-order valence-corrected chi connectivity index (χ2v) is 7.94. The molecule has 1 N–H and O–H groups in total. The van der Waals surface area contributed by atoms with Crippen LogP contribution in [-0.2, 0) is 20.7 Å². The van der Waals surface area contributed by atoms with Gasteiger partial charge in [-0.25, -0.2) is 0 Å². The fraction of sp³-hybridized carbons (Fsp3) is 0.348. The maximum absolute atomic E-state index is 12.5. The number of aryl methyl sites for hydroxylation is 1. The molecule has 28 heavy (non-hydrogen) atoms. The number of ether oxygens (including phenoxy) is 1. The molecule has 1 amide bonds. The molecule has 5 heteroatoms. The van der Waals surface area contributed by atoms with E-state index in [0.717, 1.165) is 11.1 Å². The van der Waals surface area contributed by atoms with Crippen LogP contribution in [0.4, 0.5) is 5.69 Å². The van der Waals surface area contributed by atoms with E-state index in [1.807, 2.05) is 52.0 Å². The highest BCUT2D eigenvalue weighted by Gasteiger charge is 2.22. The molecule has 0 aliphatic rings. The molecule has 1 atom stereocenters. The van der Waals surface area contributed by atoms with Crippen molar-refractivity contribution in [1.82, 2.24) is 0 Å². The lowest BCUT2D eigenvalue weighted by Crippen LogP contribution is -2.27. The molecule has 2 aromatic rings. The Morgan fingerprint density at radius 2 is 1.54 bits per heavy atom. The van der Waals surface area contributed by atoms with Crippen molar-refractivity contribution in [2.75, 3.05) is 5.32 Å².